The fourth-order valence-electron chi connectivity index (χ4n) is 2.09. The van der Waals surface area contributed by atoms with Crippen molar-refractivity contribution in [1.82, 2.24) is 0 Å². The van der Waals surface area contributed by atoms with Gasteiger partial charge >= 0.3 is 7.82 Å². The number of ether oxygens (including phenoxy) is 1. The first-order valence-corrected chi connectivity index (χ1v) is 7.73. The molecule has 19 heavy (non-hydrogen) atoms. The van der Waals surface area contributed by atoms with Gasteiger partial charge in [-0.25, -0.2) is 4.57 Å². The number of rotatable bonds is 3. The summed E-state index contributed by atoms with van der Waals surface area (Å²) in [5, 5.41) is 0. The Morgan fingerprint density at radius 2 is 2.16 bits per heavy atom. The lowest BCUT2D eigenvalue weighted by Gasteiger charge is -2.39. The molecular weight excluding hydrogens is 267 g/mol. The summed E-state index contributed by atoms with van der Waals surface area (Å²) in [6.07, 6.45) is -0.542. The van der Waals surface area contributed by atoms with E-state index in [0.717, 1.165) is 5.56 Å². The molecule has 2 atom stereocenters. The fraction of sp³-hybridized carbons (Fsp3) is 0.538. The Morgan fingerprint density at radius 3 is 2.84 bits per heavy atom. The second kappa shape index (κ2) is 5.25. The minimum atomic E-state index is -3.98. The van der Waals surface area contributed by atoms with Crippen molar-refractivity contribution in [2.75, 3.05) is 13.2 Å². The minimum absolute atomic E-state index is 0.159. The molecule has 6 heteroatoms. The van der Waals surface area contributed by atoms with E-state index in [-0.39, 0.29) is 6.61 Å². The Balaban J connectivity index is 2.40. The van der Waals surface area contributed by atoms with Crippen molar-refractivity contribution < 1.29 is 23.2 Å². The van der Waals surface area contributed by atoms with Gasteiger partial charge < -0.3 is 9.63 Å². The molecule has 0 bridgehead atoms. The van der Waals surface area contributed by atoms with Gasteiger partial charge in [-0.15, -0.1) is 0 Å². The fourth-order valence-corrected chi connectivity index (χ4v) is 3.31. The van der Waals surface area contributed by atoms with Gasteiger partial charge in [-0.1, -0.05) is 32.0 Å². The zero-order chi connectivity index (χ0) is 14.1. The molecule has 0 radical (unpaired) electrons. The van der Waals surface area contributed by atoms with Crippen molar-refractivity contribution >= 4 is 7.82 Å². The Hall–Kier alpha value is -0.870. The monoisotopic (exact) mass is 286 g/mol. The highest BCUT2D eigenvalue weighted by Gasteiger charge is 2.45. The summed E-state index contributed by atoms with van der Waals surface area (Å²) in [5.41, 5.74) is 0.357. The van der Waals surface area contributed by atoms with Crippen LogP contribution in [-0.4, -0.2) is 18.1 Å². The van der Waals surface area contributed by atoms with E-state index in [1.54, 1.807) is 0 Å². The van der Waals surface area contributed by atoms with E-state index >= 15 is 0 Å². The van der Waals surface area contributed by atoms with Crippen LogP contribution in [0.4, 0.5) is 0 Å². The molecule has 106 valence electrons. The minimum Gasteiger partial charge on any atom is -0.493 e. The van der Waals surface area contributed by atoms with Gasteiger partial charge in [0.05, 0.1) is 13.2 Å². The lowest BCUT2D eigenvalue weighted by molar-refractivity contribution is -0.0482. The molecule has 2 rings (SSSR count). The lowest BCUT2D eigenvalue weighted by Crippen LogP contribution is -2.33. The van der Waals surface area contributed by atoms with Gasteiger partial charge in [0.2, 0.25) is 0 Å². The number of hydrogen-bond acceptors (Lipinski definition) is 4. The second-order valence-electron chi connectivity index (χ2n) is 5.19. The molecule has 2 unspecified atom stereocenters. The molecule has 1 aromatic rings. The first-order chi connectivity index (χ1) is 8.86. The van der Waals surface area contributed by atoms with E-state index < -0.39 is 19.3 Å². The molecule has 1 fully saturated rings. The Bertz CT molecular complexity index is 500. The van der Waals surface area contributed by atoms with Gasteiger partial charge in [0.1, 0.15) is 11.9 Å². The Labute approximate surface area is 113 Å². The molecule has 1 N–H and O–H groups in total. The van der Waals surface area contributed by atoms with E-state index in [1.807, 2.05) is 45.0 Å². The molecule has 1 aliphatic rings. The predicted molar refractivity (Wildman–Crippen MR) is 71.0 cm³/mol. The number of para-hydroxylation sites is 1. The van der Waals surface area contributed by atoms with E-state index in [4.69, 9.17) is 13.8 Å². The van der Waals surface area contributed by atoms with Gasteiger partial charge in [0.25, 0.3) is 0 Å². The molecule has 1 aromatic carbocycles. The topological polar surface area (TPSA) is 65.0 Å². The number of benzene rings is 1. The molecule has 0 spiro atoms. The average molecular weight is 286 g/mol. The van der Waals surface area contributed by atoms with E-state index in [0.29, 0.717) is 12.4 Å². The zero-order valence-electron chi connectivity index (χ0n) is 11.3. The summed E-state index contributed by atoms with van der Waals surface area (Å²) in [5.74, 6) is 0.671. The third-order valence-corrected chi connectivity index (χ3v) is 3.98. The van der Waals surface area contributed by atoms with Crippen molar-refractivity contribution in [3.63, 3.8) is 0 Å². The van der Waals surface area contributed by atoms with Gasteiger partial charge in [0, 0.05) is 11.0 Å². The van der Waals surface area contributed by atoms with E-state index in [1.165, 1.54) is 0 Å². The molecule has 1 aliphatic heterocycles. The third-order valence-electron chi connectivity index (χ3n) is 3.05. The Kier molecular flexibility index (Phi) is 4.02. The summed E-state index contributed by atoms with van der Waals surface area (Å²) < 4.78 is 27.4. The van der Waals surface area contributed by atoms with Crippen LogP contribution >= 0.6 is 7.82 Å². The smallest absolute Gasteiger partial charge is 0.472 e. The average Bonchev–Trinajstić information content (AvgIpc) is 2.34. The summed E-state index contributed by atoms with van der Waals surface area (Å²) in [4.78, 5) is 9.53. The van der Waals surface area contributed by atoms with Crippen LogP contribution < -0.4 is 4.74 Å². The maximum absolute atomic E-state index is 11.6. The van der Waals surface area contributed by atoms with Crippen LogP contribution in [0.1, 0.15) is 32.4 Å². The quantitative estimate of drug-likeness (QED) is 0.864. The van der Waals surface area contributed by atoms with Crippen LogP contribution in [0.3, 0.4) is 0 Å². The second-order valence-corrected chi connectivity index (χ2v) is 6.59. The summed E-state index contributed by atoms with van der Waals surface area (Å²) in [7, 11) is -3.98. The standard InChI is InChI=1S/C13H19O5P/c1-4-16-11-8-6-5-7-10(11)12-13(2,3)9-17-19(14,15)18-12/h5-8,12H,4,9H2,1-3H3,(H,14,15). The molecule has 1 heterocycles. The van der Waals surface area contributed by atoms with Crippen molar-refractivity contribution in [3.8, 4) is 5.75 Å². The molecule has 0 aliphatic carbocycles. The molecule has 5 nitrogen and oxygen atoms in total. The molecule has 0 saturated carbocycles. The van der Waals surface area contributed by atoms with E-state index in [2.05, 4.69) is 0 Å². The SMILES string of the molecule is CCOc1ccccc1C1OP(=O)(O)OCC1(C)C. The van der Waals surface area contributed by atoms with Crippen LogP contribution in [0.25, 0.3) is 0 Å². The maximum atomic E-state index is 11.6. The maximum Gasteiger partial charge on any atom is 0.472 e. The summed E-state index contributed by atoms with van der Waals surface area (Å²) in [6.45, 7) is 6.44. The van der Waals surface area contributed by atoms with Gasteiger partial charge in [-0.3, -0.25) is 9.05 Å². The highest BCUT2D eigenvalue weighted by Crippen LogP contribution is 2.59. The third kappa shape index (κ3) is 3.18. The van der Waals surface area contributed by atoms with Crippen LogP contribution in [0.2, 0.25) is 0 Å². The first kappa shape index (κ1) is 14.5. The highest BCUT2D eigenvalue weighted by molar-refractivity contribution is 7.47. The van der Waals surface area contributed by atoms with Crippen LogP contribution in [0.15, 0.2) is 24.3 Å². The van der Waals surface area contributed by atoms with Crippen molar-refractivity contribution in [1.29, 1.82) is 0 Å². The predicted octanol–water partition coefficient (Wildman–Crippen LogP) is 3.30. The van der Waals surface area contributed by atoms with Crippen LogP contribution in [0.5, 0.6) is 5.75 Å². The largest absolute Gasteiger partial charge is 0.493 e. The van der Waals surface area contributed by atoms with Crippen LogP contribution in [0, 0.1) is 5.41 Å². The van der Waals surface area contributed by atoms with Crippen molar-refractivity contribution in [2.24, 2.45) is 5.41 Å². The van der Waals surface area contributed by atoms with Gasteiger partial charge in [-0.05, 0) is 13.0 Å². The van der Waals surface area contributed by atoms with Gasteiger partial charge in [-0.2, -0.15) is 0 Å². The molecule has 1 saturated heterocycles. The normalized spacial score (nSPS) is 30.0. The van der Waals surface area contributed by atoms with Crippen LogP contribution in [-0.2, 0) is 13.6 Å². The highest BCUT2D eigenvalue weighted by atomic mass is 31.2. The number of phosphoric ester groups is 1. The molecule has 0 amide bonds. The number of hydrogen-bond donors (Lipinski definition) is 1. The van der Waals surface area contributed by atoms with Crippen molar-refractivity contribution in [2.45, 2.75) is 26.9 Å². The lowest BCUT2D eigenvalue weighted by atomic mass is 9.83. The molecular formula is C13H19O5P. The summed E-state index contributed by atoms with van der Waals surface area (Å²) >= 11 is 0. The first-order valence-electron chi connectivity index (χ1n) is 6.23. The summed E-state index contributed by atoms with van der Waals surface area (Å²) in [6, 6.07) is 7.40. The van der Waals surface area contributed by atoms with Gasteiger partial charge in [0.15, 0.2) is 0 Å². The Morgan fingerprint density at radius 1 is 1.47 bits per heavy atom. The molecule has 0 aromatic heterocycles. The zero-order valence-corrected chi connectivity index (χ0v) is 12.2. The van der Waals surface area contributed by atoms with Crippen molar-refractivity contribution in [3.05, 3.63) is 29.8 Å². The van der Waals surface area contributed by atoms with E-state index in [9.17, 15) is 9.46 Å². The number of phosphoric acid groups is 1.